The molecule has 8 heteroatoms. The summed E-state index contributed by atoms with van der Waals surface area (Å²) in [7, 11) is 0.940. The van der Waals surface area contributed by atoms with Crippen molar-refractivity contribution in [2.24, 2.45) is 5.41 Å². The Morgan fingerprint density at radius 3 is 2.84 bits per heavy atom. The van der Waals surface area contributed by atoms with Crippen LogP contribution in [0.4, 0.5) is 11.6 Å². The predicted octanol–water partition coefficient (Wildman–Crippen LogP) is 3.41. The quantitative estimate of drug-likeness (QED) is 0.394. The van der Waals surface area contributed by atoms with E-state index >= 15 is 0 Å². The number of hydrogen-bond acceptors (Lipinski definition) is 5. The van der Waals surface area contributed by atoms with Crippen molar-refractivity contribution < 1.29 is 0 Å². The fourth-order valence-electron chi connectivity index (χ4n) is 3.68. The van der Waals surface area contributed by atoms with Gasteiger partial charge >= 0.3 is 0 Å². The summed E-state index contributed by atoms with van der Waals surface area (Å²) < 4.78 is 3.18. The Kier molecular flexibility index (Phi) is 5.18. The normalized spacial score (nSPS) is 18.6. The van der Waals surface area contributed by atoms with Crippen LogP contribution in [0.2, 0.25) is 5.02 Å². The van der Waals surface area contributed by atoms with Crippen LogP contribution in [0, 0.1) is 5.41 Å². The highest BCUT2D eigenvalue weighted by Crippen LogP contribution is 2.48. The molecular weight excluding hydrogens is 483 g/mol. The van der Waals surface area contributed by atoms with E-state index in [2.05, 4.69) is 43.4 Å². The van der Waals surface area contributed by atoms with E-state index in [1.54, 1.807) is 11.8 Å². The summed E-state index contributed by atoms with van der Waals surface area (Å²) in [6, 6.07) is 6.17. The highest BCUT2D eigenvalue weighted by molar-refractivity contribution is 14.1. The smallest absolute Gasteiger partial charge is 0.170 e. The number of hydrogen-bond donors (Lipinski definition) is 1. The molecule has 1 spiro atoms. The Morgan fingerprint density at radius 1 is 1.32 bits per heavy atom. The minimum absolute atomic E-state index is 0.562. The summed E-state index contributed by atoms with van der Waals surface area (Å²) in [5.74, 6) is 1.79. The van der Waals surface area contributed by atoms with Gasteiger partial charge in [0, 0.05) is 28.2 Å². The maximum absolute atomic E-state index is 6.46. The first-order chi connectivity index (χ1) is 12.1. The summed E-state index contributed by atoms with van der Waals surface area (Å²) in [4.78, 5) is 13.0. The summed E-state index contributed by atoms with van der Waals surface area (Å²) in [5.41, 5.74) is 0.562. The summed E-state index contributed by atoms with van der Waals surface area (Å²) in [6.07, 6.45) is 7.33. The summed E-state index contributed by atoms with van der Waals surface area (Å²) >= 11 is 10.2. The van der Waals surface area contributed by atoms with Crippen LogP contribution in [-0.2, 0) is 0 Å². The number of benzene rings is 1. The van der Waals surface area contributed by atoms with Crippen molar-refractivity contribution in [1.82, 2.24) is 9.97 Å². The van der Waals surface area contributed by atoms with Crippen molar-refractivity contribution in [2.75, 3.05) is 21.5 Å². The average Bonchev–Trinajstić information content (AvgIpc) is 3.05. The summed E-state index contributed by atoms with van der Waals surface area (Å²) in [6.45, 7) is 2.22. The fourth-order valence-corrected chi connectivity index (χ4v) is 6.02. The first-order valence-corrected chi connectivity index (χ1v) is 11.8. The van der Waals surface area contributed by atoms with Crippen LogP contribution < -0.4 is 13.6 Å². The molecule has 2 fully saturated rings. The molecule has 0 amide bonds. The molecule has 0 radical (unpaired) electrons. The van der Waals surface area contributed by atoms with Gasteiger partial charge in [0.05, 0.1) is 34.1 Å². The molecule has 1 aliphatic heterocycles. The number of rotatable bonds is 4. The molecule has 1 saturated carbocycles. The Morgan fingerprint density at radius 2 is 2.16 bits per heavy atom. The van der Waals surface area contributed by atoms with Gasteiger partial charge in [0.2, 0.25) is 0 Å². The molecule has 2 aliphatic rings. The molecule has 1 aromatic carbocycles. The van der Waals surface area contributed by atoms with Crippen molar-refractivity contribution in [1.29, 1.82) is 0 Å². The van der Waals surface area contributed by atoms with E-state index in [0.717, 1.165) is 49.9 Å². The van der Waals surface area contributed by atoms with Gasteiger partial charge in [-0.1, -0.05) is 47.1 Å². The zero-order valence-electron chi connectivity index (χ0n) is 14.1. The van der Waals surface area contributed by atoms with E-state index in [0.29, 0.717) is 5.41 Å². The van der Waals surface area contributed by atoms with Crippen molar-refractivity contribution in [3.05, 3.63) is 29.4 Å². The van der Waals surface area contributed by atoms with Gasteiger partial charge in [0.25, 0.3) is 0 Å². The number of anilines is 2. The average molecular weight is 503 g/mol. The van der Waals surface area contributed by atoms with E-state index in [-0.39, 0.29) is 0 Å². The number of halogens is 2. The van der Waals surface area contributed by atoms with Crippen LogP contribution in [0.25, 0.3) is 0 Å². The molecule has 1 N–H and O–H groups in total. The van der Waals surface area contributed by atoms with E-state index in [4.69, 9.17) is 21.6 Å². The Labute approximate surface area is 174 Å². The van der Waals surface area contributed by atoms with Crippen LogP contribution in [0.5, 0.6) is 0 Å². The van der Waals surface area contributed by atoms with Crippen molar-refractivity contribution in [3.63, 3.8) is 0 Å². The molecule has 132 valence electrons. The zero-order valence-corrected chi connectivity index (χ0v) is 19.8. The maximum Gasteiger partial charge on any atom is 0.170 e. The zero-order chi connectivity index (χ0) is 17.4. The van der Waals surface area contributed by atoms with E-state index in [1.807, 2.05) is 12.3 Å². The molecule has 1 aliphatic carbocycles. The molecule has 2 heterocycles. The Balaban J connectivity index is 1.57. The second-order valence-electron chi connectivity index (χ2n) is 6.99. The molecule has 0 atom stereocenters. The second-order valence-corrected chi connectivity index (χ2v) is 10.0. The van der Waals surface area contributed by atoms with Gasteiger partial charge in [-0.15, -0.1) is 0 Å². The van der Waals surface area contributed by atoms with Crippen LogP contribution in [-0.4, -0.2) is 33.3 Å². The largest absolute Gasteiger partial charge is 0.355 e. The van der Waals surface area contributed by atoms with Crippen LogP contribution in [0.1, 0.15) is 25.7 Å². The SMILES string of the molecule is [SiH3]c1cccc(Sc2ncc(N3CCC4(CCC4)C3)nc2NI)c1Cl. The van der Waals surface area contributed by atoms with Gasteiger partial charge in [0.1, 0.15) is 10.8 Å². The van der Waals surface area contributed by atoms with Crippen molar-refractivity contribution >= 4 is 73.3 Å². The van der Waals surface area contributed by atoms with Gasteiger partial charge in [-0.25, -0.2) is 9.97 Å². The van der Waals surface area contributed by atoms with E-state index in [1.165, 1.54) is 30.9 Å². The summed E-state index contributed by atoms with van der Waals surface area (Å²) in [5, 5.41) is 2.92. The monoisotopic (exact) mass is 502 g/mol. The van der Waals surface area contributed by atoms with E-state index in [9.17, 15) is 0 Å². The molecule has 4 nitrogen and oxygen atoms in total. The Hall–Kier alpha value is -0.513. The number of nitrogens with one attached hydrogen (secondary N) is 1. The third-order valence-corrected chi connectivity index (χ3v) is 8.68. The number of aromatic nitrogens is 2. The lowest BCUT2D eigenvalue weighted by molar-refractivity contribution is 0.165. The van der Waals surface area contributed by atoms with Crippen LogP contribution in [0.3, 0.4) is 0 Å². The van der Waals surface area contributed by atoms with Gasteiger partial charge in [0.15, 0.2) is 5.82 Å². The highest BCUT2D eigenvalue weighted by Gasteiger charge is 2.43. The molecule has 2 aromatic rings. The van der Waals surface area contributed by atoms with Crippen molar-refractivity contribution in [3.8, 4) is 0 Å². The maximum atomic E-state index is 6.46. The molecule has 4 rings (SSSR count). The van der Waals surface area contributed by atoms with Crippen molar-refractivity contribution in [2.45, 2.75) is 35.6 Å². The molecule has 25 heavy (non-hydrogen) atoms. The van der Waals surface area contributed by atoms with E-state index < -0.39 is 0 Å². The second kappa shape index (κ2) is 7.25. The lowest BCUT2D eigenvalue weighted by atomic mass is 9.68. The lowest BCUT2D eigenvalue weighted by Crippen LogP contribution is -2.33. The molecule has 0 bridgehead atoms. The first kappa shape index (κ1) is 17.9. The third kappa shape index (κ3) is 3.52. The Bertz CT molecular complexity index is 802. The standard InChI is InChI=1S/C17H20ClIN4SSi/c18-14-11(3-1-4-12(14)25)24-16-15(22-19)21-13(9-20-16)23-8-7-17(10-23)5-2-6-17/h1,3-4,9H,2,5-8,10H2,25H3,(H,21,22). The molecular formula is C17H20ClIN4SSi. The van der Waals surface area contributed by atoms with Gasteiger partial charge in [-0.05, 0) is 30.7 Å². The fraction of sp³-hybridized carbons (Fsp3) is 0.412. The van der Waals surface area contributed by atoms with Crippen LogP contribution >= 0.6 is 46.2 Å². The topological polar surface area (TPSA) is 41.1 Å². The minimum atomic E-state index is 0.562. The minimum Gasteiger partial charge on any atom is -0.355 e. The van der Waals surface area contributed by atoms with Gasteiger partial charge in [-0.2, -0.15) is 0 Å². The predicted molar refractivity (Wildman–Crippen MR) is 118 cm³/mol. The van der Waals surface area contributed by atoms with Crippen LogP contribution in [0.15, 0.2) is 34.3 Å². The third-order valence-electron chi connectivity index (χ3n) is 5.36. The highest BCUT2D eigenvalue weighted by atomic mass is 127. The lowest BCUT2D eigenvalue weighted by Gasteiger charge is -2.38. The molecule has 1 saturated heterocycles. The van der Waals surface area contributed by atoms with Gasteiger partial charge in [-0.3, -0.25) is 0 Å². The number of nitrogens with zero attached hydrogens (tertiary/aromatic N) is 3. The van der Waals surface area contributed by atoms with Gasteiger partial charge < -0.3 is 8.43 Å². The molecule has 1 aromatic heterocycles. The first-order valence-electron chi connectivity index (χ1n) is 8.52. The molecule has 0 unspecified atom stereocenters.